The minimum atomic E-state index is -1.20. The van der Waals surface area contributed by atoms with E-state index in [0.717, 1.165) is 22.7 Å². The van der Waals surface area contributed by atoms with Gasteiger partial charge in [-0.3, -0.25) is 14.5 Å². The second-order valence-electron chi connectivity index (χ2n) is 10.1. The van der Waals surface area contributed by atoms with Gasteiger partial charge in [0.1, 0.15) is 29.3 Å². The zero-order chi connectivity index (χ0) is 29.9. The van der Waals surface area contributed by atoms with Crippen LogP contribution in [-0.2, 0) is 37.1 Å². The van der Waals surface area contributed by atoms with E-state index < -0.39 is 40.9 Å². The van der Waals surface area contributed by atoms with Gasteiger partial charge in [-0.2, -0.15) is 9.36 Å². The number of amides is 3. The number of oxime groups is 1. The highest BCUT2D eigenvalue weighted by Crippen LogP contribution is 2.40. The third-order valence-corrected chi connectivity index (χ3v) is 7.73. The van der Waals surface area contributed by atoms with Crippen molar-refractivity contribution in [3.8, 4) is 0 Å². The number of anilines is 1. The van der Waals surface area contributed by atoms with Gasteiger partial charge in [-0.15, -0.1) is 11.8 Å². The molecule has 1 aromatic carbocycles. The van der Waals surface area contributed by atoms with Crippen molar-refractivity contribution in [2.24, 2.45) is 5.16 Å². The Labute approximate surface area is 243 Å². The van der Waals surface area contributed by atoms with Gasteiger partial charge in [0.15, 0.2) is 5.13 Å². The average molecular weight is 604 g/mol. The number of rotatable bonds is 9. The van der Waals surface area contributed by atoms with Crippen LogP contribution in [-0.4, -0.2) is 71.7 Å². The molecule has 4 rings (SSSR count). The summed E-state index contributed by atoms with van der Waals surface area (Å²) in [5.74, 6) is -2.17. The molecule has 0 radical (unpaired) electrons. The number of nitrogens with zero attached hydrogens (tertiary/aromatic N) is 4. The van der Waals surface area contributed by atoms with Crippen molar-refractivity contribution >= 4 is 58.0 Å². The second-order valence-corrected chi connectivity index (χ2v) is 12.0. The molecule has 0 aliphatic carbocycles. The molecule has 0 spiro atoms. The van der Waals surface area contributed by atoms with E-state index >= 15 is 0 Å². The minimum absolute atomic E-state index is 0.00314. The van der Waals surface area contributed by atoms with Crippen molar-refractivity contribution in [2.75, 3.05) is 11.5 Å². The molecule has 218 valence electrons. The normalized spacial score (nSPS) is 18.8. The lowest BCUT2D eigenvalue weighted by Gasteiger charge is -2.49. The van der Waals surface area contributed by atoms with Crippen molar-refractivity contribution in [1.82, 2.24) is 24.9 Å². The molecule has 0 saturated carbocycles. The third-order valence-electron chi connectivity index (χ3n) is 5.76. The molecular formula is C25H29N7O7S2. The molecule has 2 aliphatic heterocycles. The van der Waals surface area contributed by atoms with Crippen LogP contribution in [0, 0.1) is 0 Å². The predicted molar refractivity (Wildman–Crippen MR) is 151 cm³/mol. The standard InChI is InChI=1S/C25H29N7O7S2/c1-12-11-40-21-16(20(34)32(21)17(12)22(35)36)28-19(33)15(18-29-23(26)41-31-18)30-38-10-14-7-5-13(6-8-14)9-27-24(37)39-25(2,3)4/h5-8,16,21H,9-11H2,1-4H3,(H,27,37)(H,28,33)(H,35,36)(H2,26,29,31)/t16?,21-/m1/s1. The zero-order valence-electron chi connectivity index (χ0n) is 22.7. The SMILES string of the molecule is CC1=C(C(=O)O)N2C(=O)C(NC(=O)C(=NOCc3ccc(CNC(=O)OC(C)(C)C)cc3)c3nsc(N)n3)[C@H]2SC1. The molecule has 5 N–H and O–H groups in total. The van der Waals surface area contributed by atoms with E-state index in [1.54, 1.807) is 52.0 Å². The van der Waals surface area contributed by atoms with Crippen molar-refractivity contribution in [3.63, 3.8) is 0 Å². The summed E-state index contributed by atoms with van der Waals surface area (Å²) in [6.07, 6.45) is -0.520. The van der Waals surface area contributed by atoms with E-state index in [2.05, 4.69) is 25.1 Å². The number of hydrogen-bond donors (Lipinski definition) is 4. The van der Waals surface area contributed by atoms with Crippen LogP contribution in [0.4, 0.5) is 9.93 Å². The van der Waals surface area contributed by atoms with E-state index in [1.807, 2.05) is 0 Å². The predicted octanol–water partition coefficient (Wildman–Crippen LogP) is 1.82. The first-order valence-electron chi connectivity index (χ1n) is 12.4. The molecule has 1 unspecified atom stereocenters. The summed E-state index contributed by atoms with van der Waals surface area (Å²) >= 11 is 2.21. The number of carboxylic acids is 1. The summed E-state index contributed by atoms with van der Waals surface area (Å²) in [5, 5.41) is 18.3. The van der Waals surface area contributed by atoms with E-state index in [4.69, 9.17) is 15.3 Å². The highest BCUT2D eigenvalue weighted by atomic mass is 32.2. The number of alkyl carbamates (subject to hydrolysis) is 1. The van der Waals surface area contributed by atoms with E-state index in [0.29, 0.717) is 11.3 Å². The maximum Gasteiger partial charge on any atom is 0.407 e. The minimum Gasteiger partial charge on any atom is -0.477 e. The topological polar surface area (TPSA) is 198 Å². The van der Waals surface area contributed by atoms with Crippen molar-refractivity contribution in [3.05, 3.63) is 52.5 Å². The summed E-state index contributed by atoms with van der Waals surface area (Å²) in [4.78, 5) is 60.0. The summed E-state index contributed by atoms with van der Waals surface area (Å²) in [5.41, 5.74) is 6.88. The number of carbonyl (C=O) groups excluding carboxylic acids is 3. The highest BCUT2D eigenvalue weighted by molar-refractivity contribution is 8.00. The number of aliphatic carboxylic acids is 1. The van der Waals surface area contributed by atoms with Gasteiger partial charge in [0.05, 0.1) is 0 Å². The van der Waals surface area contributed by atoms with Crippen LogP contribution in [0.3, 0.4) is 0 Å². The Bertz CT molecular complexity index is 1420. The summed E-state index contributed by atoms with van der Waals surface area (Å²) in [6, 6.07) is 6.19. The van der Waals surface area contributed by atoms with Crippen molar-refractivity contribution < 1.29 is 33.9 Å². The fraction of sp³-hybridized carbons (Fsp3) is 0.400. The second kappa shape index (κ2) is 12.1. The van der Waals surface area contributed by atoms with Crippen molar-refractivity contribution in [1.29, 1.82) is 0 Å². The molecule has 14 nitrogen and oxygen atoms in total. The Kier molecular flexibility index (Phi) is 8.82. The first kappa shape index (κ1) is 29.8. The molecule has 3 heterocycles. The first-order chi connectivity index (χ1) is 19.3. The van der Waals surface area contributed by atoms with Gasteiger partial charge >= 0.3 is 12.1 Å². The molecule has 16 heteroatoms. The lowest BCUT2D eigenvalue weighted by molar-refractivity contribution is -0.150. The number of nitrogens with one attached hydrogen (secondary N) is 2. The molecule has 1 fully saturated rings. The Hall–Kier alpha value is -4.18. The fourth-order valence-corrected chi connectivity index (χ4v) is 5.64. The first-order valence-corrected chi connectivity index (χ1v) is 14.2. The number of nitrogen functional groups attached to an aromatic ring is 1. The number of carboxylic acid groups (broad SMARTS) is 1. The molecule has 2 atom stereocenters. The monoisotopic (exact) mass is 603 g/mol. The van der Waals surface area contributed by atoms with Crippen LogP contribution in [0.25, 0.3) is 0 Å². The van der Waals surface area contributed by atoms with Gasteiger partial charge in [-0.1, -0.05) is 29.4 Å². The Morgan fingerprint density at radius 2 is 1.90 bits per heavy atom. The van der Waals surface area contributed by atoms with Gasteiger partial charge in [-0.25, -0.2) is 9.59 Å². The number of nitrogens with two attached hydrogens (primary N) is 1. The Balaban J connectivity index is 1.39. The lowest BCUT2D eigenvalue weighted by Crippen LogP contribution is -2.71. The van der Waals surface area contributed by atoms with Crippen LogP contribution in [0.5, 0.6) is 0 Å². The van der Waals surface area contributed by atoms with Gasteiger partial charge < -0.3 is 31.0 Å². The van der Waals surface area contributed by atoms with Gasteiger partial charge in [0, 0.05) is 23.8 Å². The average Bonchev–Trinajstić information content (AvgIpc) is 3.33. The molecule has 1 saturated heterocycles. The van der Waals surface area contributed by atoms with E-state index in [9.17, 15) is 24.3 Å². The number of ether oxygens (including phenoxy) is 1. The number of β-lactam (4-membered cyclic amide) rings is 1. The maximum absolute atomic E-state index is 13.2. The lowest BCUT2D eigenvalue weighted by atomic mass is 10.0. The van der Waals surface area contributed by atoms with Gasteiger partial charge in [0.2, 0.25) is 11.5 Å². The third kappa shape index (κ3) is 7.13. The molecule has 0 bridgehead atoms. The van der Waals surface area contributed by atoms with Gasteiger partial charge in [-0.05, 0) is 44.4 Å². The summed E-state index contributed by atoms with van der Waals surface area (Å²) in [7, 11) is 0. The summed E-state index contributed by atoms with van der Waals surface area (Å²) < 4.78 is 9.25. The van der Waals surface area contributed by atoms with Crippen LogP contribution >= 0.6 is 23.3 Å². The number of aromatic nitrogens is 2. The van der Waals surface area contributed by atoms with E-state index in [-0.39, 0.29) is 35.5 Å². The molecule has 2 aromatic rings. The zero-order valence-corrected chi connectivity index (χ0v) is 24.3. The number of thioether (sulfide) groups is 1. The van der Waals surface area contributed by atoms with Crippen LogP contribution < -0.4 is 16.4 Å². The molecular weight excluding hydrogens is 574 g/mol. The fourth-order valence-electron chi connectivity index (χ4n) is 3.91. The Morgan fingerprint density at radius 3 is 2.51 bits per heavy atom. The largest absolute Gasteiger partial charge is 0.477 e. The number of carbonyl (C=O) groups is 4. The maximum atomic E-state index is 13.2. The van der Waals surface area contributed by atoms with Crippen LogP contribution in [0.15, 0.2) is 40.7 Å². The number of hydrogen-bond acceptors (Lipinski definition) is 12. The highest BCUT2D eigenvalue weighted by Gasteiger charge is 2.54. The van der Waals surface area contributed by atoms with Crippen molar-refractivity contribution in [2.45, 2.75) is 57.9 Å². The van der Waals surface area contributed by atoms with Crippen LogP contribution in [0.2, 0.25) is 0 Å². The molecule has 3 amide bonds. The quantitative estimate of drug-likeness (QED) is 0.185. The number of benzene rings is 1. The summed E-state index contributed by atoms with van der Waals surface area (Å²) in [6.45, 7) is 7.27. The van der Waals surface area contributed by atoms with Gasteiger partial charge in [0.25, 0.3) is 11.8 Å². The van der Waals surface area contributed by atoms with Crippen LogP contribution in [0.1, 0.15) is 44.6 Å². The smallest absolute Gasteiger partial charge is 0.407 e. The Morgan fingerprint density at radius 1 is 1.22 bits per heavy atom. The number of fused-ring (bicyclic) bond motifs is 1. The molecule has 41 heavy (non-hydrogen) atoms. The molecule has 2 aliphatic rings. The van der Waals surface area contributed by atoms with E-state index in [1.165, 1.54) is 16.7 Å². The molecule has 1 aromatic heterocycles.